The second-order valence-corrected chi connectivity index (χ2v) is 7.41. The number of aromatic nitrogens is 2. The van der Waals surface area contributed by atoms with Crippen LogP contribution in [0.15, 0.2) is 48.8 Å². The zero-order chi connectivity index (χ0) is 20.4. The first-order chi connectivity index (χ1) is 14.0. The number of hydrogen-bond acceptors (Lipinski definition) is 4. The van der Waals surface area contributed by atoms with Gasteiger partial charge in [-0.05, 0) is 43.5 Å². The molecule has 3 heterocycles. The number of para-hydroxylation sites is 1. The van der Waals surface area contributed by atoms with E-state index in [1.165, 1.54) is 0 Å². The van der Waals surface area contributed by atoms with Gasteiger partial charge in [-0.15, -0.1) is 0 Å². The molecule has 7 heteroatoms. The van der Waals surface area contributed by atoms with E-state index in [4.69, 9.17) is 10.5 Å². The molecule has 0 saturated carbocycles. The van der Waals surface area contributed by atoms with Gasteiger partial charge in [0.2, 0.25) is 5.91 Å². The van der Waals surface area contributed by atoms with Crippen molar-refractivity contribution in [1.82, 2.24) is 14.3 Å². The highest BCUT2D eigenvalue weighted by atomic mass is 16.5. The van der Waals surface area contributed by atoms with E-state index < -0.39 is 0 Å². The van der Waals surface area contributed by atoms with Gasteiger partial charge < -0.3 is 19.8 Å². The number of fused-ring (bicyclic) bond motifs is 1. The van der Waals surface area contributed by atoms with Gasteiger partial charge in [0, 0.05) is 31.4 Å². The van der Waals surface area contributed by atoms with Gasteiger partial charge in [-0.1, -0.05) is 18.2 Å². The highest BCUT2D eigenvalue weighted by Gasteiger charge is 2.27. The summed E-state index contributed by atoms with van der Waals surface area (Å²) in [6.07, 6.45) is 5.09. The van der Waals surface area contributed by atoms with Crippen molar-refractivity contribution in [2.24, 2.45) is 11.7 Å². The Morgan fingerprint density at radius 2 is 1.93 bits per heavy atom. The van der Waals surface area contributed by atoms with Crippen molar-refractivity contribution in [3.63, 3.8) is 0 Å². The Balaban J connectivity index is 1.47. The van der Waals surface area contributed by atoms with Gasteiger partial charge in [-0.3, -0.25) is 9.59 Å². The monoisotopic (exact) mass is 392 g/mol. The number of piperidine rings is 1. The minimum absolute atomic E-state index is 0.0885. The number of amides is 2. The second kappa shape index (κ2) is 7.95. The molecule has 3 aromatic rings. The van der Waals surface area contributed by atoms with Crippen molar-refractivity contribution in [3.05, 3.63) is 65.6 Å². The lowest BCUT2D eigenvalue weighted by atomic mass is 9.96. The molecule has 29 heavy (non-hydrogen) atoms. The zero-order valence-corrected chi connectivity index (χ0v) is 16.4. The number of aryl methyl sites for hydroxylation is 1. The van der Waals surface area contributed by atoms with Gasteiger partial charge in [0.1, 0.15) is 18.0 Å². The Morgan fingerprint density at radius 3 is 2.66 bits per heavy atom. The number of pyridine rings is 1. The Kier molecular flexibility index (Phi) is 5.20. The number of likely N-dealkylation sites (tertiary alicyclic amines) is 1. The zero-order valence-electron chi connectivity index (χ0n) is 16.4. The lowest BCUT2D eigenvalue weighted by Gasteiger charge is -2.31. The number of ether oxygens (including phenoxy) is 1. The van der Waals surface area contributed by atoms with E-state index in [1.807, 2.05) is 48.0 Å². The summed E-state index contributed by atoms with van der Waals surface area (Å²) in [6.45, 7) is 3.33. The van der Waals surface area contributed by atoms with E-state index in [1.54, 1.807) is 17.0 Å². The minimum atomic E-state index is -0.288. The van der Waals surface area contributed by atoms with Gasteiger partial charge in [0.15, 0.2) is 0 Å². The summed E-state index contributed by atoms with van der Waals surface area (Å²) < 4.78 is 7.93. The molecule has 1 fully saturated rings. The molecule has 0 aliphatic carbocycles. The average Bonchev–Trinajstić information content (AvgIpc) is 3.16. The van der Waals surface area contributed by atoms with Crippen LogP contribution in [-0.4, -0.2) is 39.2 Å². The number of carbonyl (C=O) groups excluding carboxylic acids is 2. The van der Waals surface area contributed by atoms with Crippen molar-refractivity contribution in [2.75, 3.05) is 13.1 Å². The Bertz CT molecular complexity index is 1050. The summed E-state index contributed by atoms with van der Waals surface area (Å²) in [5, 5.41) is 0. The van der Waals surface area contributed by atoms with Crippen LogP contribution in [0.2, 0.25) is 0 Å². The van der Waals surface area contributed by atoms with Crippen molar-refractivity contribution in [2.45, 2.75) is 26.4 Å². The topological polar surface area (TPSA) is 89.9 Å². The van der Waals surface area contributed by atoms with Crippen LogP contribution in [0.25, 0.3) is 5.65 Å². The molecular weight excluding hydrogens is 368 g/mol. The SMILES string of the molecule is Cc1cccn2cc(COc3ccccc3C(=O)N3CCC(C(N)=O)CC3)nc12. The van der Waals surface area contributed by atoms with Crippen LogP contribution in [-0.2, 0) is 11.4 Å². The molecule has 150 valence electrons. The molecule has 1 aliphatic heterocycles. The molecule has 0 atom stereocenters. The molecule has 1 saturated heterocycles. The lowest BCUT2D eigenvalue weighted by molar-refractivity contribution is -0.123. The van der Waals surface area contributed by atoms with Crippen LogP contribution in [0.1, 0.15) is 34.5 Å². The first-order valence-electron chi connectivity index (χ1n) is 9.76. The quantitative estimate of drug-likeness (QED) is 0.723. The third-order valence-electron chi connectivity index (χ3n) is 5.41. The summed E-state index contributed by atoms with van der Waals surface area (Å²) >= 11 is 0. The molecule has 2 aromatic heterocycles. The van der Waals surface area contributed by atoms with Crippen LogP contribution >= 0.6 is 0 Å². The van der Waals surface area contributed by atoms with Crippen molar-refractivity contribution >= 4 is 17.5 Å². The fraction of sp³-hybridized carbons (Fsp3) is 0.318. The molecule has 2 N–H and O–H groups in total. The number of imidazole rings is 1. The molecule has 0 radical (unpaired) electrons. The van der Waals surface area contributed by atoms with Crippen LogP contribution in [0.3, 0.4) is 0 Å². The van der Waals surface area contributed by atoms with E-state index in [0.29, 0.717) is 37.2 Å². The first-order valence-corrected chi connectivity index (χ1v) is 9.76. The van der Waals surface area contributed by atoms with Gasteiger partial charge in [-0.25, -0.2) is 4.98 Å². The number of nitrogens with zero attached hydrogens (tertiary/aromatic N) is 3. The molecule has 0 bridgehead atoms. The number of hydrogen-bond donors (Lipinski definition) is 1. The molecular formula is C22H24N4O3. The summed E-state index contributed by atoms with van der Waals surface area (Å²) in [5.74, 6) is 0.00485. The number of benzene rings is 1. The Hall–Kier alpha value is -3.35. The predicted octanol–water partition coefficient (Wildman–Crippen LogP) is 2.56. The molecule has 0 spiro atoms. The first kappa shape index (κ1) is 19.0. The predicted molar refractivity (Wildman–Crippen MR) is 109 cm³/mol. The molecule has 1 aromatic carbocycles. The average molecular weight is 392 g/mol. The van der Waals surface area contributed by atoms with Gasteiger partial charge in [0.25, 0.3) is 5.91 Å². The van der Waals surface area contributed by atoms with Crippen molar-refractivity contribution < 1.29 is 14.3 Å². The standard InChI is InChI=1S/C22H24N4O3/c1-15-5-4-10-26-13-17(24-21(15)26)14-29-19-7-3-2-6-18(19)22(28)25-11-8-16(9-12-25)20(23)27/h2-7,10,13,16H,8-9,11-12,14H2,1H3,(H2,23,27). The number of primary amides is 1. The third-order valence-corrected chi connectivity index (χ3v) is 5.41. The fourth-order valence-corrected chi connectivity index (χ4v) is 3.73. The van der Waals surface area contributed by atoms with Crippen molar-refractivity contribution in [1.29, 1.82) is 0 Å². The Morgan fingerprint density at radius 1 is 1.17 bits per heavy atom. The van der Waals surface area contributed by atoms with E-state index in [9.17, 15) is 9.59 Å². The number of nitrogens with two attached hydrogens (primary N) is 1. The van der Waals surface area contributed by atoms with Crippen LogP contribution < -0.4 is 10.5 Å². The molecule has 1 aliphatic rings. The van der Waals surface area contributed by atoms with E-state index >= 15 is 0 Å². The highest BCUT2D eigenvalue weighted by molar-refractivity contribution is 5.97. The van der Waals surface area contributed by atoms with Crippen LogP contribution in [0, 0.1) is 12.8 Å². The van der Waals surface area contributed by atoms with Crippen LogP contribution in [0.4, 0.5) is 0 Å². The molecule has 0 unspecified atom stereocenters. The van der Waals surface area contributed by atoms with E-state index in [0.717, 1.165) is 16.9 Å². The molecule has 4 rings (SSSR count). The normalized spacial score (nSPS) is 14.9. The fourth-order valence-electron chi connectivity index (χ4n) is 3.73. The maximum absolute atomic E-state index is 13.0. The summed E-state index contributed by atoms with van der Waals surface area (Å²) in [4.78, 5) is 30.7. The van der Waals surface area contributed by atoms with Crippen molar-refractivity contribution in [3.8, 4) is 5.75 Å². The number of carbonyl (C=O) groups is 2. The largest absolute Gasteiger partial charge is 0.486 e. The van der Waals surface area contributed by atoms with Crippen LogP contribution in [0.5, 0.6) is 5.75 Å². The highest BCUT2D eigenvalue weighted by Crippen LogP contribution is 2.24. The summed E-state index contributed by atoms with van der Waals surface area (Å²) in [6, 6.07) is 11.2. The van der Waals surface area contributed by atoms with E-state index in [2.05, 4.69) is 4.98 Å². The summed E-state index contributed by atoms with van der Waals surface area (Å²) in [5.41, 5.74) is 8.69. The number of rotatable bonds is 5. The third kappa shape index (κ3) is 3.94. The lowest BCUT2D eigenvalue weighted by Crippen LogP contribution is -2.41. The minimum Gasteiger partial charge on any atom is -0.486 e. The molecule has 7 nitrogen and oxygen atoms in total. The smallest absolute Gasteiger partial charge is 0.257 e. The maximum atomic E-state index is 13.0. The Labute approximate surface area is 169 Å². The van der Waals surface area contributed by atoms with Gasteiger partial charge in [-0.2, -0.15) is 0 Å². The maximum Gasteiger partial charge on any atom is 0.257 e. The summed E-state index contributed by atoms with van der Waals surface area (Å²) in [7, 11) is 0. The van der Waals surface area contributed by atoms with Gasteiger partial charge >= 0.3 is 0 Å². The van der Waals surface area contributed by atoms with Gasteiger partial charge in [0.05, 0.1) is 11.3 Å². The second-order valence-electron chi connectivity index (χ2n) is 7.41. The molecule has 2 amide bonds. The van der Waals surface area contributed by atoms with E-state index in [-0.39, 0.29) is 24.3 Å².